The molecule has 1 fully saturated rings. The average molecular weight is 554 g/mol. The highest BCUT2D eigenvalue weighted by Crippen LogP contribution is 2.17. The third-order valence-corrected chi connectivity index (χ3v) is 7.06. The first-order valence-electron chi connectivity index (χ1n) is 14.3. The topological polar surface area (TPSA) is 147 Å². The van der Waals surface area contributed by atoms with Crippen molar-refractivity contribution in [3.63, 3.8) is 0 Å². The number of nitrogens with one attached hydrogen (secondary N) is 4. The highest BCUT2D eigenvalue weighted by Gasteiger charge is 2.21. The van der Waals surface area contributed by atoms with Gasteiger partial charge in [0, 0.05) is 31.2 Å². The number of carbonyl (C=O) groups excluding carboxylic acids is 2. The first kappa shape index (κ1) is 31.0. The molecule has 8 N–H and O–H groups in total. The molecule has 1 aliphatic rings. The Balaban J connectivity index is 1.41. The smallest absolute Gasteiger partial charge is 0.251 e. The lowest BCUT2D eigenvalue weighted by Gasteiger charge is -2.22. The summed E-state index contributed by atoms with van der Waals surface area (Å²) in [5.74, 6) is -1.23. The highest BCUT2D eigenvalue weighted by atomic mass is 19.1. The van der Waals surface area contributed by atoms with Crippen LogP contribution >= 0.6 is 0 Å². The van der Waals surface area contributed by atoms with Crippen LogP contribution in [0.5, 0.6) is 0 Å². The van der Waals surface area contributed by atoms with Crippen LogP contribution in [0.15, 0.2) is 53.5 Å². The maximum atomic E-state index is 13.2. The molecule has 0 aliphatic heterocycles. The number of amides is 2. The number of halogens is 1. The van der Waals surface area contributed by atoms with Gasteiger partial charge in [-0.2, -0.15) is 0 Å². The van der Waals surface area contributed by atoms with E-state index in [1.165, 1.54) is 61.9 Å². The first-order chi connectivity index (χ1) is 19.4. The van der Waals surface area contributed by atoms with Gasteiger partial charge >= 0.3 is 0 Å². The Hall–Kier alpha value is -3.50. The van der Waals surface area contributed by atoms with E-state index in [1.807, 2.05) is 12.1 Å². The second-order valence-electron chi connectivity index (χ2n) is 10.3. The van der Waals surface area contributed by atoms with Crippen LogP contribution in [0, 0.1) is 5.82 Å². The van der Waals surface area contributed by atoms with E-state index in [2.05, 4.69) is 38.4 Å². The number of guanidine groups is 1. The minimum Gasteiger partial charge on any atom is -0.370 e. The van der Waals surface area contributed by atoms with Gasteiger partial charge in [-0.05, 0) is 80.6 Å². The van der Waals surface area contributed by atoms with E-state index in [0.717, 1.165) is 31.6 Å². The van der Waals surface area contributed by atoms with Gasteiger partial charge in [0.1, 0.15) is 11.9 Å². The van der Waals surface area contributed by atoms with E-state index in [9.17, 15) is 14.0 Å². The molecule has 3 rings (SSSR count). The van der Waals surface area contributed by atoms with Crippen LogP contribution in [-0.2, 0) is 17.9 Å². The zero-order valence-electron chi connectivity index (χ0n) is 23.3. The van der Waals surface area contributed by atoms with Crippen molar-refractivity contribution >= 4 is 17.8 Å². The summed E-state index contributed by atoms with van der Waals surface area (Å²) in [6.07, 6.45) is 8.65. The molecule has 2 aromatic rings. The number of carbonyl (C=O) groups is 2. The van der Waals surface area contributed by atoms with E-state index in [0.29, 0.717) is 32.0 Å². The summed E-state index contributed by atoms with van der Waals surface area (Å²) >= 11 is 0. The maximum absolute atomic E-state index is 13.2. The molecule has 0 aromatic heterocycles. The molecule has 0 saturated heterocycles. The monoisotopic (exact) mass is 553 g/mol. The van der Waals surface area contributed by atoms with Gasteiger partial charge in [0.2, 0.25) is 5.91 Å². The highest BCUT2D eigenvalue weighted by molar-refractivity contribution is 5.97. The number of nitrogens with two attached hydrogens (primary N) is 2. The molecule has 0 spiro atoms. The van der Waals surface area contributed by atoms with Crippen molar-refractivity contribution in [1.82, 2.24) is 21.3 Å². The zero-order valence-corrected chi connectivity index (χ0v) is 23.3. The molecular formula is C30H44FN7O2. The molecule has 1 atom stereocenters. The van der Waals surface area contributed by atoms with Crippen LogP contribution in [0.4, 0.5) is 4.39 Å². The lowest BCUT2D eigenvalue weighted by Crippen LogP contribution is -2.46. The van der Waals surface area contributed by atoms with Gasteiger partial charge < -0.3 is 32.7 Å². The number of hydrogen-bond donors (Lipinski definition) is 6. The summed E-state index contributed by atoms with van der Waals surface area (Å²) in [4.78, 5) is 29.6. The molecule has 0 unspecified atom stereocenters. The van der Waals surface area contributed by atoms with Crippen LogP contribution in [0.1, 0.15) is 72.9 Å². The normalized spacial score (nSPS) is 14.3. The maximum Gasteiger partial charge on any atom is 0.251 e. The Labute approximate surface area is 236 Å². The largest absolute Gasteiger partial charge is 0.370 e. The Morgan fingerprint density at radius 1 is 0.900 bits per heavy atom. The van der Waals surface area contributed by atoms with E-state index in [4.69, 9.17) is 11.5 Å². The SMILES string of the molecule is NC(N)=NCCC[C@H](NC(=O)c1ccc(F)cc1)C(=O)NCc1ccc(CNCCCNC2CCCCC2)cc1. The molecule has 2 amide bonds. The van der Waals surface area contributed by atoms with E-state index in [1.54, 1.807) is 0 Å². The summed E-state index contributed by atoms with van der Waals surface area (Å²) in [7, 11) is 0. The molecule has 40 heavy (non-hydrogen) atoms. The summed E-state index contributed by atoms with van der Waals surface area (Å²) in [6.45, 7) is 3.48. The van der Waals surface area contributed by atoms with Gasteiger partial charge in [0.15, 0.2) is 5.96 Å². The van der Waals surface area contributed by atoms with Crippen LogP contribution in [0.25, 0.3) is 0 Å². The van der Waals surface area contributed by atoms with Crippen LogP contribution in [0.2, 0.25) is 0 Å². The third-order valence-electron chi connectivity index (χ3n) is 7.06. The summed E-state index contributed by atoms with van der Waals surface area (Å²) < 4.78 is 13.2. The van der Waals surface area contributed by atoms with Crippen molar-refractivity contribution in [2.24, 2.45) is 16.5 Å². The average Bonchev–Trinajstić information content (AvgIpc) is 2.96. The zero-order chi connectivity index (χ0) is 28.6. The Morgan fingerprint density at radius 2 is 1.57 bits per heavy atom. The molecule has 1 aliphatic carbocycles. The lowest BCUT2D eigenvalue weighted by atomic mass is 9.95. The fourth-order valence-corrected chi connectivity index (χ4v) is 4.76. The minimum absolute atomic E-state index is 0.0262. The molecule has 0 heterocycles. The van der Waals surface area contributed by atoms with Crippen LogP contribution < -0.4 is 32.7 Å². The number of nitrogens with zero attached hydrogens (tertiary/aromatic N) is 1. The predicted octanol–water partition coefficient (Wildman–Crippen LogP) is 2.70. The fourth-order valence-electron chi connectivity index (χ4n) is 4.76. The number of benzene rings is 2. The van der Waals surface area contributed by atoms with Gasteiger partial charge in [-0.1, -0.05) is 43.5 Å². The van der Waals surface area contributed by atoms with Crippen molar-refractivity contribution in [2.45, 2.75) is 76.5 Å². The minimum atomic E-state index is -0.789. The second kappa shape index (κ2) is 17.2. The predicted molar refractivity (Wildman–Crippen MR) is 157 cm³/mol. The van der Waals surface area contributed by atoms with Crippen molar-refractivity contribution < 1.29 is 14.0 Å². The van der Waals surface area contributed by atoms with Crippen molar-refractivity contribution in [1.29, 1.82) is 0 Å². The Kier molecular flexibility index (Phi) is 13.4. The van der Waals surface area contributed by atoms with Crippen molar-refractivity contribution in [3.8, 4) is 0 Å². The molecule has 0 bridgehead atoms. The fraction of sp³-hybridized carbons (Fsp3) is 0.500. The van der Waals surface area contributed by atoms with Crippen molar-refractivity contribution in [3.05, 3.63) is 71.0 Å². The number of rotatable bonds is 16. The standard InChI is InChI=1S/C30H44FN7O2/c31-25-15-13-24(14-16-25)28(39)38-27(8-4-18-36-30(32)33)29(40)37-21-23-11-9-22(10-12-23)20-34-17-5-19-35-26-6-2-1-3-7-26/h9-16,26-27,34-35H,1-8,17-21H2,(H,37,40)(H,38,39)(H4,32,33,36)/t27-/m0/s1. The van der Waals surface area contributed by atoms with E-state index in [-0.39, 0.29) is 17.4 Å². The Morgan fingerprint density at radius 3 is 2.25 bits per heavy atom. The second-order valence-corrected chi connectivity index (χ2v) is 10.3. The molecule has 1 saturated carbocycles. The quantitative estimate of drug-likeness (QED) is 0.107. The summed E-state index contributed by atoms with van der Waals surface area (Å²) in [6, 6.07) is 13.2. The van der Waals surface area contributed by atoms with Gasteiger partial charge in [-0.25, -0.2) is 4.39 Å². The third kappa shape index (κ3) is 11.7. The van der Waals surface area contributed by atoms with Gasteiger partial charge in [0.05, 0.1) is 0 Å². The van der Waals surface area contributed by atoms with E-state index < -0.39 is 17.8 Å². The molecule has 218 valence electrons. The molecular weight excluding hydrogens is 509 g/mol. The Bertz CT molecular complexity index is 1070. The van der Waals surface area contributed by atoms with Crippen LogP contribution in [-0.4, -0.2) is 49.5 Å². The summed E-state index contributed by atoms with van der Waals surface area (Å²) in [5.41, 5.74) is 13.2. The van der Waals surface area contributed by atoms with E-state index >= 15 is 0 Å². The van der Waals surface area contributed by atoms with Crippen LogP contribution in [0.3, 0.4) is 0 Å². The first-order valence-corrected chi connectivity index (χ1v) is 14.3. The van der Waals surface area contributed by atoms with Crippen molar-refractivity contribution in [2.75, 3.05) is 19.6 Å². The van der Waals surface area contributed by atoms with Gasteiger partial charge in [0.25, 0.3) is 5.91 Å². The number of hydrogen-bond acceptors (Lipinski definition) is 5. The molecule has 0 radical (unpaired) electrons. The summed E-state index contributed by atoms with van der Waals surface area (Å²) in [5, 5.41) is 12.8. The lowest BCUT2D eigenvalue weighted by molar-refractivity contribution is -0.123. The molecule has 10 heteroatoms. The number of aliphatic imine (C=N–C) groups is 1. The molecule has 2 aromatic carbocycles. The van der Waals surface area contributed by atoms with Gasteiger partial charge in [-0.3, -0.25) is 14.6 Å². The molecule has 9 nitrogen and oxygen atoms in total. The van der Waals surface area contributed by atoms with Gasteiger partial charge in [-0.15, -0.1) is 0 Å².